The molecule has 1 saturated heterocycles. The van der Waals surface area contributed by atoms with Crippen LogP contribution < -0.4 is 5.32 Å². The number of nitrogens with one attached hydrogen (secondary N) is 1. The minimum atomic E-state index is -0.513. The number of phenolic OH excluding ortho intramolecular Hbond substituents is 2. The monoisotopic (exact) mass is 288 g/mol. The fraction of sp³-hybridized carbons (Fsp3) is 0.333. The zero-order valence-corrected chi connectivity index (χ0v) is 11.4. The van der Waals surface area contributed by atoms with Crippen LogP contribution in [0.3, 0.4) is 0 Å². The van der Waals surface area contributed by atoms with Crippen molar-refractivity contribution in [2.75, 3.05) is 13.2 Å². The molecule has 110 valence electrons. The summed E-state index contributed by atoms with van der Waals surface area (Å²) >= 11 is 0. The van der Waals surface area contributed by atoms with Crippen molar-refractivity contribution in [2.24, 2.45) is 0 Å². The number of hydrogen-bond acceptors (Lipinski definition) is 5. The van der Waals surface area contributed by atoms with Gasteiger partial charge in [-0.2, -0.15) is 5.26 Å². The lowest BCUT2D eigenvalue weighted by atomic mass is 10.1. The highest BCUT2D eigenvalue weighted by molar-refractivity contribution is 6.02. The van der Waals surface area contributed by atoms with Crippen molar-refractivity contribution in [2.45, 2.75) is 18.9 Å². The van der Waals surface area contributed by atoms with E-state index in [1.165, 1.54) is 18.2 Å². The molecule has 0 spiro atoms. The SMILES string of the molecule is N#C/C(=C\c1ccc(O)cc1O)C(=O)NC[C@@H]1CCCO1. The normalized spacial score (nSPS) is 18.2. The number of nitriles is 1. The highest BCUT2D eigenvalue weighted by Crippen LogP contribution is 2.24. The fourth-order valence-electron chi connectivity index (χ4n) is 2.07. The van der Waals surface area contributed by atoms with E-state index < -0.39 is 5.91 Å². The first kappa shape index (κ1) is 14.9. The van der Waals surface area contributed by atoms with Gasteiger partial charge in [-0.1, -0.05) is 0 Å². The van der Waals surface area contributed by atoms with Crippen molar-refractivity contribution in [3.8, 4) is 17.6 Å². The molecule has 0 aliphatic carbocycles. The Morgan fingerprint density at radius 3 is 2.95 bits per heavy atom. The van der Waals surface area contributed by atoms with E-state index in [1.807, 2.05) is 0 Å². The van der Waals surface area contributed by atoms with Gasteiger partial charge in [0.15, 0.2) is 0 Å². The summed E-state index contributed by atoms with van der Waals surface area (Å²) in [5.74, 6) is -0.804. The summed E-state index contributed by atoms with van der Waals surface area (Å²) in [6, 6.07) is 5.74. The van der Waals surface area contributed by atoms with Gasteiger partial charge in [-0.15, -0.1) is 0 Å². The van der Waals surface area contributed by atoms with Gasteiger partial charge < -0.3 is 20.3 Å². The number of phenols is 2. The lowest BCUT2D eigenvalue weighted by Crippen LogP contribution is -2.32. The zero-order chi connectivity index (χ0) is 15.2. The van der Waals surface area contributed by atoms with Crippen LogP contribution in [0.4, 0.5) is 0 Å². The summed E-state index contributed by atoms with van der Waals surface area (Å²) in [5, 5.41) is 30.6. The average Bonchev–Trinajstić information content (AvgIpc) is 2.97. The van der Waals surface area contributed by atoms with Gasteiger partial charge in [-0.3, -0.25) is 4.79 Å². The van der Waals surface area contributed by atoms with Gasteiger partial charge in [-0.05, 0) is 31.1 Å². The Morgan fingerprint density at radius 1 is 1.52 bits per heavy atom. The zero-order valence-electron chi connectivity index (χ0n) is 11.4. The highest BCUT2D eigenvalue weighted by Gasteiger charge is 2.17. The van der Waals surface area contributed by atoms with Crippen LogP contribution in [0, 0.1) is 11.3 Å². The first-order valence-corrected chi connectivity index (χ1v) is 6.63. The summed E-state index contributed by atoms with van der Waals surface area (Å²) in [4.78, 5) is 11.9. The molecule has 1 atom stereocenters. The van der Waals surface area contributed by atoms with E-state index in [9.17, 15) is 15.0 Å². The number of ether oxygens (including phenoxy) is 1. The Labute approximate surface area is 122 Å². The molecule has 0 aromatic heterocycles. The third kappa shape index (κ3) is 3.97. The molecule has 1 fully saturated rings. The number of nitrogens with zero attached hydrogens (tertiary/aromatic N) is 1. The number of rotatable bonds is 4. The predicted octanol–water partition coefficient (Wildman–Crippen LogP) is 1.30. The maximum Gasteiger partial charge on any atom is 0.262 e. The summed E-state index contributed by atoms with van der Waals surface area (Å²) in [6.07, 6.45) is 3.14. The van der Waals surface area contributed by atoms with Gasteiger partial charge in [0.1, 0.15) is 23.1 Å². The number of carbonyl (C=O) groups is 1. The van der Waals surface area contributed by atoms with Crippen LogP contribution in [0.5, 0.6) is 11.5 Å². The van der Waals surface area contributed by atoms with Crippen molar-refractivity contribution < 1.29 is 19.7 Å². The van der Waals surface area contributed by atoms with E-state index in [0.29, 0.717) is 13.2 Å². The first-order valence-electron chi connectivity index (χ1n) is 6.63. The second-order valence-electron chi connectivity index (χ2n) is 4.76. The molecule has 0 saturated carbocycles. The van der Waals surface area contributed by atoms with Crippen molar-refractivity contribution in [3.63, 3.8) is 0 Å². The quantitative estimate of drug-likeness (QED) is 0.572. The lowest BCUT2D eigenvalue weighted by Gasteiger charge is -2.10. The minimum Gasteiger partial charge on any atom is -0.508 e. The Morgan fingerprint density at radius 2 is 2.33 bits per heavy atom. The van der Waals surface area contributed by atoms with Crippen molar-refractivity contribution in [3.05, 3.63) is 29.3 Å². The lowest BCUT2D eigenvalue weighted by molar-refractivity contribution is -0.117. The smallest absolute Gasteiger partial charge is 0.262 e. The van der Waals surface area contributed by atoms with Gasteiger partial charge in [0.2, 0.25) is 0 Å². The largest absolute Gasteiger partial charge is 0.508 e. The van der Waals surface area contributed by atoms with Crippen LogP contribution in [-0.2, 0) is 9.53 Å². The van der Waals surface area contributed by atoms with E-state index in [2.05, 4.69) is 5.32 Å². The van der Waals surface area contributed by atoms with Crippen LogP contribution >= 0.6 is 0 Å². The molecule has 6 nitrogen and oxygen atoms in total. The molecule has 1 aromatic rings. The number of aromatic hydroxyl groups is 2. The summed E-state index contributed by atoms with van der Waals surface area (Å²) in [7, 11) is 0. The Balaban J connectivity index is 2.05. The van der Waals surface area contributed by atoms with E-state index in [1.54, 1.807) is 6.07 Å². The minimum absolute atomic E-state index is 0.00373. The molecule has 0 bridgehead atoms. The molecule has 1 aliphatic rings. The fourth-order valence-corrected chi connectivity index (χ4v) is 2.07. The molecule has 6 heteroatoms. The molecule has 0 unspecified atom stereocenters. The molecule has 0 radical (unpaired) electrons. The first-order chi connectivity index (χ1) is 10.1. The molecule has 3 N–H and O–H groups in total. The number of carbonyl (C=O) groups excluding carboxylic acids is 1. The molecular weight excluding hydrogens is 272 g/mol. The highest BCUT2D eigenvalue weighted by atomic mass is 16.5. The van der Waals surface area contributed by atoms with E-state index >= 15 is 0 Å². The average molecular weight is 288 g/mol. The van der Waals surface area contributed by atoms with Crippen molar-refractivity contribution in [1.82, 2.24) is 5.32 Å². The molecule has 1 aliphatic heterocycles. The Hall–Kier alpha value is -2.52. The molecule has 1 heterocycles. The van der Waals surface area contributed by atoms with Gasteiger partial charge in [-0.25, -0.2) is 0 Å². The predicted molar refractivity (Wildman–Crippen MR) is 75.3 cm³/mol. The van der Waals surface area contributed by atoms with Crippen LogP contribution in [-0.4, -0.2) is 35.4 Å². The Bertz CT molecular complexity index is 598. The third-order valence-corrected chi connectivity index (χ3v) is 3.19. The molecule has 1 amide bonds. The van der Waals surface area contributed by atoms with E-state index in [4.69, 9.17) is 10.00 Å². The molecule has 2 rings (SSSR count). The number of amides is 1. The summed E-state index contributed by atoms with van der Waals surface area (Å²) < 4.78 is 5.38. The van der Waals surface area contributed by atoms with Crippen LogP contribution in [0.25, 0.3) is 6.08 Å². The summed E-state index contributed by atoms with van der Waals surface area (Å²) in [5.41, 5.74) is 0.172. The summed E-state index contributed by atoms with van der Waals surface area (Å²) in [6.45, 7) is 1.06. The maximum absolute atomic E-state index is 11.9. The molecule has 21 heavy (non-hydrogen) atoms. The van der Waals surface area contributed by atoms with Crippen molar-refractivity contribution >= 4 is 12.0 Å². The molecule has 1 aromatic carbocycles. The maximum atomic E-state index is 11.9. The van der Waals surface area contributed by atoms with Crippen molar-refractivity contribution in [1.29, 1.82) is 5.26 Å². The number of hydrogen-bond donors (Lipinski definition) is 3. The standard InChI is InChI=1S/C15H16N2O4/c16-8-11(6-10-3-4-12(18)7-14(10)19)15(20)17-9-13-2-1-5-21-13/h3-4,6-7,13,18-19H,1-2,5,9H2,(H,17,20)/b11-6+/t13-/m0/s1. The second kappa shape index (κ2) is 6.77. The van der Waals surface area contributed by atoms with E-state index in [-0.39, 0.29) is 28.7 Å². The van der Waals surface area contributed by atoms with Crippen LogP contribution in [0.2, 0.25) is 0 Å². The van der Waals surface area contributed by atoms with Gasteiger partial charge in [0.25, 0.3) is 5.91 Å². The van der Waals surface area contributed by atoms with Gasteiger partial charge in [0, 0.05) is 24.8 Å². The van der Waals surface area contributed by atoms with E-state index in [0.717, 1.165) is 18.9 Å². The van der Waals surface area contributed by atoms with Crippen LogP contribution in [0.15, 0.2) is 23.8 Å². The topological polar surface area (TPSA) is 103 Å². The van der Waals surface area contributed by atoms with Gasteiger partial charge in [0.05, 0.1) is 6.10 Å². The molecular formula is C15H16N2O4. The van der Waals surface area contributed by atoms with Crippen LogP contribution in [0.1, 0.15) is 18.4 Å². The van der Waals surface area contributed by atoms with Gasteiger partial charge >= 0.3 is 0 Å². The Kier molecular flexibility index (Phi) is 4.80. The number of benzene rings is 1. The third-order valence-electron chi connectivity index (χ3n) is 3.19. The second-order valence-corrected chi connectivity index (χ2v) is 4.76.